The summed E-state index contributed by atoms with van der Waals surface area (Å²) in [5.41, 5.74) is -0.466. The molecule has 1 aliphatic heterocycles. The van der Waals surface area contributed by atoms with Gasteiger partial charge in [0.1, 0.15) is 5.60 Å². The summed E-state index contributed by atoms with van der Waals surface area (Å²) < 4.78 is 10.4. The van der Waals surface area contributed by atoms with E-state index in [1.807, 2.05) is 20.8 Å². The highest BCUT2D eigenvalue weighted by molar-refractivity contribution is 5.68. The molecule has 2 N–H and O–H groups in total. The molecule has 112 valence electrons. The predicted molar refractivity (Wildman–Crippen MR) is 72.1 cm³/mol. The van der Waals surface area contributed by atoms with Gasteiger partial charge in [0.05, 0.1) is 19.3 Å². The number of aliphatic hydroxyl groups is 1. The number of rotatable bonds is 5. The van der Waals surface area contributed by atoms with Crippen LogP contribution in [0.2, 0.25) is 0 Å². The van der Waals surface area contributed by atoms with E-state index in [9.17, 15) is 9.90 Å². The summed E-state index contributed by atoms with van der Waals surface area (Å²) in [6, 6.07) is 0.0911. The Morgan fingerprint density at radius 1 is 1.53 bits per heavy atom. The van der Waals surface area contributed by atoms with E-state index in [-0.39, 0.29) is 24.8 Å². The van der Waals surface area contributed by atoms with Crippen LogP contribution in [0.3, 0.4) is 0 Å². The smallest absolute Gasteiger partial charge is 0.410 e. The second-order valence-electron chi connectivity index (χ2n) is 5.91. The summed E-state index contributed by atoms with van der Waals surface area (Å²) in [5.74, 6) is 0. The highest BCUT2D eigenvalue weighted by Gasteiger charge is 2.30. The van der Waals surface area contributed by atoms with Crippen LogP contribution in [0.5, 0.6) is 0 Å². The molecule has 0 aliphatic carbocycles. The van der Waals surface area contributed by atoms with E-state index in [1.54, 1.807) is 12.0 Å². The summed E-state index contributed by atoms with van der Waals surface area (Å²) in [4.78, 5) is 13.6. The molecule has 2 atom stereocenters. The molecule has 2 unspecified atom stereocenters. The molecular formula is C13H26N2O4. The number of amides is 1. The number of methoxy groups -OCH3 is 1. The number of carbonyl (C=O) groups is 1. The van der Waals surface area contributed by atoms with Crippen LogP contribution in [0.1, 0.15) is 27.2 Å². The molecule has 6 nitrogen and oxygen atoms in total. The van der Waals surface area contributed by atoms with Crippen molar-refractivity contribution in [2.75, 3.05) is 33.4 Å². The maximum absolute atomic E-state index is 11.9. The number of ether oxygens (including phenoxy) is 2. The van der Waals surface area contributed by atoms with Gasteiger partial charge in [0.15, 0.2) is 0 Å². The fourth-order valence-corrected chi connectivity index (χ4v) is 2.08. The van der Waals surface area contributed by atoms with E-state index >= 15 is 0 Å². The van der Waals surface area contributed by atoms with Crippen LogP contribution >= 0.6 is 0 Å². The number of hydrogen-bond donors (Lipinski definition) is 2. The molecule has 1 saturated heterocycles. The van der Waals surface area contributed by atoms with E-state index < -0.39 is 5.60 Å². The number of likely N-dealkylation sites (tertiary alicyclic amines) is 1. The van der Waals surface area contributed by atoms with E-state index in [4.69, 9.17) is 9.47 Å². The Labute approximate surface area is 115 Å². The molecule has 19 heavy (non-hydrogen) atoms. The Morgan fingerprint density at radius 2 is 2.21 bits per heavy atom. The molecule has 1 rings (SSSR count). The predicted octanol–water partition coefficient (Wildman–Crippen LogP) is 0.593. The number of aliphatic hydroxyl groups excluding tert-OH is 1. The van der Waals surface area contributed by atoms with Crippen molar-refractivity contribution >= 4 is 6.09 Å². The number of nitrogens with one attached hydrogen (secondary N) is 1. The highest BCUT2D eigenvalue weighted by Crippen LogP contribution is 2.15. The third-order valence-corrected chi connectivity index (χ3v) is 2.90. The zero-order valence-corrected chi connectivity index (χ0v) is 12.3. The van der Waals surface area contributed by atoms with Crippen LogP contribution < -0.4 is 5.32 Å². The standard InChI is InChI=1S/C13H26N2O4/c1-13(2,3)19-12(17)15-6-5-10(7-15)14-11(8-16)9-18-4/h10-11,14,16H,5-9H2,1-4H3. The van der Waals surface area contributed by atoms with Gasteiger partial charge in [-0.1, -0.05) is 0 Å². The lowest BCUT2D eigenvalue weighted by Crippen LogP contribution is -2.45. The quantitative estimate of drug-likeness (QED) is 0.768. The minimum Gasteiger partial charge on any atom is -0.444 e. The molecule has 1 aliphatic rings. The molecule has 1 fully saturated rings. The van der Waals surface area contributed by atoms with E-state index in [2.05, 4.69) is 5.32 Å². The first-order valence-electron chi connectivity index (χ1n) is 6.69. The molecule has 0 bridgehead atoms. The molecule has 0 saturated carbocycles. The lowest BCUT2D eigenvalue weighted by molar-refractivity contribution is 0.0289. The second kappa shape index (κ2) is 7.07. The normalized spacial score (nSPS) is 21.5. The Balaban J connectivity index is 2.38. The van der Waals surface area contributed by atoms with Crippen molar-refractivity contribution in [3.8, 4) is 0 Å². The van der Waals surface area contributed by atoms with Crippen LogP contribution in [0.4, 0.5) is 4.79 Å². The maximum atomic E-state index is 11.9. The average Bonchev–Trinajstić information content (AvgIpc) is 2.75. The molecule has 1 amide bonds. The zero-order valence-electron chi connectivity index (χ0n) is 12.3. The lowest BCUT2D eigenvalue weighted by Gasteiger charge is -2.25. The monoisotopic (exact) mass is 274 g/mol. The van der Waals surface area contributed by atoms with Gasteiger partial charge in [-0.3, -0.25) is 0 Å². The number of hydrogen-bond acceptors (Lipinski definition) is 5. The van der Waals surface area contributed by atoms with Gasteiger partial charge in [-0.15, -0.1) is 0 Å². The Kier molecular flexibility index (Phi) is 6.03. The average molecular weight is 274 g/mol. The van der Waals surface area contributed by atoms with Crippen molar-refractivity contribution in [3.05, 3.63) is 0 Å². The van der Waals surface area contributed by atoms with Gasteiger partial charge in [0.2, 0.25) is 0 Å². The van der Waals surface area contributed by atoms with Gasteiger partial charge in [-0.05, 0) is 27.2 Å². The Hall–Kier alpha value is -0.850. The van der Waals surface area contributed by atoms with E-state index in [0.29, 0.717) is 19.7 Å². The fraction of sp³-hybridized carbons (Fsp3) is 0.923. The molecule has 0 spiro atoms. The van der Waals surface area contributed by atoms with Crippen molar-refractivity contribution < 1.29 is 19.4 Å². The minimum atomic E-state index is -0.466. The van der Waals surface area contributed by atoms with Gasteiger partial charge >= 0.3 is 6.09 Å². The summed E-state index contributed by atoms with van der Waals surface area (Å²) in [6.07, 6.45) is 0.587. The Bertz CT molecular complexity index is 291. The summed E-state index contributed by atoms with van der Waals surface area (Å²) in [7, 11) is 1.60. The van der Waals surface area contributed by atoms with Gasteiger partial charge in [-0.2, -0.15) is 0 Å². The summed E-state index contributed by atoms with van der Waals surface area (Å²) in [6.45, 7) is 7.34. The van der Waals surface area contributed by atoms with Gasteiger partial charge in [0.25, 0.3) is 0 Å². The third-order valence-electron chi connectivity index (χ3n) is 2.90. The summed E-state index contributed by atoms with van der Waals surface area (Å²) >= 11 is 0. The Morgan fingerprint density at radius 3 is 2.74 bits per heavy atom. The van der Waals surface area contributed by atoms with Crippen LogP contribution in [0.15, 0.2) is 0 Å². The van der Waals surface area contributed by atoms with E-state index in [1.165, 1.54) is 0 Å². The minimum absolute atomic E-state index is 0.0246. The summed E-state index contributed by atoms with van der Waals surface area (Å²) in [5, 5.41) is 12.5. The maximum Gasteiger partial charge on any atom is 0.410 e. The van der Waals surface area contributed by atoms with Gasteiger partial charge in [0, 0.05) is 26.2 Å². The molecule has 0 aromatic heterocycles. The SMILES string of the molecule is COCC(CO)NC1CCN(C(=O)OC(C)(C)C)C1. The van der Waals surface area contributed by atoms with Crippen molar-refractivity contribution in [2.24, 2.45) is 0 Å². The molecular weight excluding hydrogens is 248 g/mol. The van der Waals surface area contributed by atoms with E-state index in [0.717, 1.165) is 6.42 Å². The number of carbonyl (C=O) groups excluding carboxylic acids is 1. The molecule has 0 aromatic rings. The molecule has 0 aromatic carbocycles. The second-order valence-corrected chi connectivity index (χ2v) is 5.91. The van der Waals surface area contributed by atoms with Gasteiger partial charge in [-0.25, -0.2) is 4.79 Å². The van der Waals surface area contributed by atoms with Crippen LogP contribution in [-0.2, 0) is 9.47 Å². The molecule has 0 radical (unpaired) electrons. The molecule has 1 heterocycles. The number of nitrogens with zero attached hydrogens (tertiary/aromatic N) is 1. The van der Waals surface area contributed by atoms with Crippen molar-refractivity contribution in [1.82, 2.24) is 10.2 Å². The lowest BCUT2D eigenvalue weighted by atomic mass is 10.2. The first-order chi connectivity index (χ1) is 8.85. The van der Waals surface area contributed by atoms with Crippen molar-refractivity contribution in [3.63, 3.8) is 0 Å². The largest absolute Gasteiger partial charge is 0.444 e. The van der Waals surface area contributed by atoms with Crippen LogP contribution in [0, 0.1) is 0 Å². The first kappa shape index (κ1) is 16.2. The van der Waals surface area contributed by atoms with Crippen LogP contribution in [-0.4, -0.2) is 67.2 Å². The first-order valence-corrected chi connectivity index (χ1v) is 6.69. The third kappa shape index (κ3) is 5.76. The highest BCUT2D eigenvalue weighted by atomic mass is 16.6. The molecule has 6 heteroatoms. The van der Waals surface area contributed by atoms with Crippen molar-refractivity contribution in [2.45, 2.75) is 44.9 Å². The topological polar surface area (TPSA) is 71.0 Å². The van der Waals surface area contributed by atoms with Crippen LogP contribution in [0.25, 0.3) is 0 Å². The zero-order chi connectivity index (χ0) is 14.5. The van der Waals surface area contributed by atoms with Crippen molar-refractivity contribution in [1.29, 1.82) is 0 Å². The van der Waals surface area contributed by atoms with Gasteiger partial charge < -0.3 is 24.8 Å². The fourth-order valence-electron chi connectivity index (χ4n) is 2.08.